The molecule has 0 saturated carbocycles. The Labute approximate surface area is 510 Å². The number of hydrogen-bond acceptors (Lipinski definition) is 8. The molecule has 0 saturated heterocycles. The maximum atomic E-state index is 9.06. The highest BCUT2D eigenvalue weighted by atomic mass is 16.5. The summed E-state index contributed by atoms with van der Waals surface area (Å²) in [4.78, 5) is 14.9. The van der Waals surface area contributed by atoms with Crippen LogP contribution in [0, 0.1) is 35.8 Å². The van der Waals surface area contributed by atoms with Gasteiger partial charge in [-0.25, -0.2) is 19.7 Å². The first-order chi connectivity index (χ1) is 41.1. The number of benzene rings is 6. The lowest BCUT2D eigenvalue weighted by molar-refractivity contribution is 0.461. The first-order valence-corrected chi connectivity index (χ1v) is 30.0. The van der Waals surface area contributed by atoms with Crippen LogP contribution >= 0.6 is 0 Å². The van der Waals surface area contributed by atoms with Gasteiger partial charge in [-0.05, 0) is 123 Å². The van der Waals surface area contributed by atoms with Crippen LogP contribution in [0.15, 0.2) is 158 Å². The average molecular weight is 1130 g/mol. The Balaban J connectivity index is 0.000000232. The number of aromatic nitrogens is 2. The van der Waals surface area contributed by atoms with Crippen molar-refractivity contribution in [3.05, 3.63) is 214 Å². The van der Waals surface area contributed by atoms with Gasteiger partial charge in [-0.3, -0.25) is 0 Å². The molecule has 432 valence electrons. The van der Waals surface area contributed by atoms with Crippen molar-refractivity contribution < 1.29 is 18.9 Å². The van der Waals surface area contributed by atoms with Crippen molar-refractivity contribution in [3.63, 3.8) is 0 Å². The Morgan fingerprint density at radius 1 is 0.424 bits per heavy atom. The van der Waals surface area contributed by atoms with E-state index in [4.69, 9.17) is 42.6 Å². The smallest absolute Gasteiger partial charge is 0.237 e. The molecule has 0 radical (unpaired) electrons. The lowest BCUT2D eigenvalue weighted by Gasteiger charge is -2.09. The predicted molar refractivity (Wildman–Crippen MR) is 361 cm³/mol. The summed E-state index contributed by atoms with van der Waals surface area (Å²) in [5.41, 5.74) is 13.4. The molecule has 6 heterocycles. The van der Waals surface area contributed by atoms with Gasteiger partial charge >= 0.3 is 0 Å². The summed E-state index contributed by atoms with van der Waals surface area (Å²) < 4.78 is 23.1. The SMILES string of the molecule is C.CB1CCc2cc(Oc3ccccc3C#N)ccc21.CB1CCc2cc(Oc3ncccc3C#N)ccc21.CC.CC.CC.CC.[C-]#[N+]c1ccc(Oc2ccc3c(c2)CCB3C)cc1.[C-]#[N+]c1ccc(Oc2ccc3c(c2)CCB3C)nc1. The molecule has 6 aromatic carbocycles. The Morgan fingerprint density at radius 2 is 0.812 bits per heavy atom. The highest BCUT2D eigenvalue weighted by Crippen LogP contribution is 2.30. The van der Waals surface area contributed by atoms with E-state index >= 15 is 0 Å². The van der Waals surface area contributed by atoms with E-state index in [2.05, 4.69) is 108 Å². The van der Waals surface area contributed by atoms with Crippen molar-refractivity contribution in [2.24, 2.45) is 0 Å². The molecule has 0 bridgehead atoms. The number of rotatable bonds is 8. The first-order valence-electron chi connectivity index (χ1n) is 30.0. The van der Waals surface area contributed by atoms with Gasteiger partial charge in [-0.1, -0.05) is 208 Å². The van der Waals surface area contributed by atoms with E-state index in [9.17, 15) is 0 Å². The minimum absolute atomic E-state index is 0. The molecule has 12 rings (SSSR count). The zero-order valence-corrected chi connectivity index (χ0v) is 51.3. The summed E-state index contributed by atoms with van der Waals surface area (Å²) in [7, 11) is 0. The van der Waals surface area contributed by atoms with E-state index in [1.165, 1.54) is 75.6 Å². The summed E-state index contributed by atoms with van der Waals surface area (Å²) >= 11 is 0. The minimum atomic E-state index is 0. The predicted octanol–water partition coefficient (Wildman–Crippen LogP) is 17.8. The number of para-hydroxylation sites is 1. The molecule has 14 heteroatoms. The number of nitrogens with zero attached hydrogens (tertiary/aromatic N) is 6. The first kappa shape index (κ1) is 68.5. The van der Waals surface area contributed by atoms with Gasteiger partial charge in [0, 0.05) is 12.4 Å². The van der Waals surface area contributed by atoms with E-state index < -0.39 is 0 Å². The molecule has 0 unspecified atom stereocenters. The van der Waals surface area contributed by atoms with Gasteiger partial charge in [0.15, 0.2) is 32.5 Å². The summed E-state index contributed by atoms with van der Waals surface area (Å²) in [6, 6.07) is 50.6. The Morgan fingerprint density at radius 3 is 1.24 bits per heavy atom. The third-order valence-electron chi connectivity index (χ3n) is 14.6. The topological polar surface area (TPSA) is 119 Å². The van der Waals surface area contributed by atoms with E-state index in [0.717, 1.165) is 54.4 Å². The fourth-order valence-corrected chi connectivity index (χ4v) is 10.3. The second-order valence-corrected chi connectivity index (χ2v) is 19.8. The van der Waals surface area contributed by atoms with Crippen LogP contribution in [0.3, 0.4) is 0 Å². The molecular weight excluding hydrogens is 1040 g/mol. The van der Waals surface area contributed by atoms with Crippen molar-refractivity contribution in [3.8, 4) is 58.4 Å². The van der Waals surface area contributed by atoms with Gasteiger partial charge in [-0.2, -0.15) is 10.5 Å². The lowest BCUT2D eigenvalue weighted by atomic mass is 9.48. The zero-order valence-electron chi connectivity index (χ0n) is 51.3. The molecular formula is C71H82B4N6O4. The van der Waals surface area contributed by atoms with E-state index in [1.807, 2.05) is 110 Å². The Bertz CT molecular complexity index is 3320. The summed E-state index contributed by atoms with van der Waals surface area (Å²) in [6.45, 7) is 41.5. The number of nitriles is 2. The van der Waals surface area contributed by atoms with E-state index in [-0.39, 0.29) is 7.43 Å². The second kappa shape index (κ2) is 35.9. The van der Waals surface area contributed by atoms with Crippen molar-refractivity contribution in [2.45, 2.75) is 141 Å². The van der Waals surface area contributed by atoms with E-state index in [0.29, 0.717) is 66.9 Å². The molecule has 10 nitrogen and oxygen atoms in total. The summed E-state index contributed by atoms with van der Waals surface area (Å²) in [5.74, 6) is 5.56. The van der Waals surface area contributed by atoms with Crippen molar-refractivity contribution >= 4 is 60.1 Å². The number of ether oxygens (including phenoxy) is 4. The van der Waals surface area contributed by atoms with Crippen LogP contribution in [0.25, 0.3) is 9.69 Å². The standard InChI is InChI=1S/2C16H14BNO.2C15H13BN2O.4C2H6.CH4/c1-17-10-9-12-11-15(7-8-16(12)17)19-14-5-3-13(18-2)4-6-14;1-17-9-8-12-10-14(6-7-15(12)17)19-16-5-3-2-4-13(16)11-18;1-16-8-7-11-9-13(4-5-14(11)16)19-15-6-3-12(17-2)10-18-15;1-16-7-6-11-9-13(4-5-14(11)16)19-15-12(10-17)3-2-8-18-15;4*1-2;/h3-8,11H,9-10H2,1H3;2-7,10H,8-9H2,1H3;3-6,9-10H,7-8H2,1H3;2-5,8-9H,6-7H2,1H3;4*1-2H3;1H4. The van der Waals surface area contributed by atoms with Gasteiger partial charge in [0.05, 0.1) is 18.7 Å². The third-order valence-corrected chi connectivity index (χ3v) is 14.6. The van der Waals surface area contributed by atoms with Crippen LogP contribution < -0.4 is 40.8 Å². The average Bonchev–Trinajstić information content (AvgIpc) is 4.55. The zero-order chi connectivity index (χ0) is 61.0. The number of pyridine rings is 2. The maximum Gasteiger partial charge on any atom is 0.237 e. The van der Waals surface area contributed by atoms with Gasteiger partial charge in [-0.15, -0.1) is 0 Å². The Hall–Kier alpha value is -8.96. The number of hydrogen-bond donors (Lipinski definition) is 0. The molecule has 0 fully saturated rings. The fraction of sp³-hybridized carbons (Fsp3) is 0.296. The monoisotopic (exact) mass is 1130 g/mol. The van der Waals surface area contributed by atoms with Crippen LogP contribution in [-0.2, 0) is 25.7 Å². The Kier molecular flexibility index (Phi) is 28.9. The lowest BCUT2D eigenvalue weighted by Crippen LogP contribution is -2.21. The quantitative estimate of drug-likeness (QED) is 0.109. The van der Waals surface area contributed by atoms with Gasteiger partial charge in [0.1, 0.15) is 52.2 Å². The highest BCUT2D eigenvalue weighted by molar-refractivity contribution is 6.75. The van der Waals surface area contributed by atoms with Gasteiger partial charge in [0.25, 0.3) is 0 Å². The van der Waals surface area contributed by atoms with Crippen molar-refractivity contribution in [2.75, 3.05) is 0 Å². The molecule has 85 heavy (non-hydrogen) atoms. The molecule has 2 aromatic heterocycles. The third kappa shape index (κ3) is 19.0. The number of aryl methyl sites for hydroxylation is 4. The van der Waals surface area contributed by atoms with Crippen LogP contribution in [-0.4, -0.2) is 36.8 Å². The largest absolute Gasteiger partial charge is 0.457 e. The van der Waals surface area contributed by atoms with E-state index in [1.54, 1.807) is 48.7 Å². The molecule has 0 aliphatic carbocycles. The summed E-state index contributed by atoms with van der Waals surface area (Å²) in [5, 5.41) is 18.1. The fourth-order valence-electron chi connectivity index (χ4n) is 10.3. The normalized spacial score (nSPS) is 11.9. The molecule has 4 aliphatic rings. The molecule has 4 aliphatic heterocycles. The summed E-state index contributed by atoms with van der Waals surface area (Å²) in [6.07, 6.45) is 12.5. The number of fused-ring (bicyclic) bond motifs is 4. The second-order valence-electron chi connectivity index (χ2n) is 19.8. The van der Waals surface area contributed by atoms with Gasteiger partial charge in [0.2, 0.25) is 17.4 Å². The minimum Gasteiger partial charge on any atom is -0.457 e. The van der Waals surface area contributed by atoms with Crippen LogP contribution in [0.4, 0.5) is 11.4 Å². The van der Waals surface area contributed by atoms with Crippen LogP contribution in [0.1, 0.15) is 96.2 Å². The molecule has 0 amide bonds. The highest BCUT2D eigenvalue weighted by Gasteiger charge is 2.25. The molecule has 0 atom stereocenters. The molecule has 0 N–H and O–H groups in total. The van der Waals surface area contributed by atoms with Crippen molar-refractivity contribution in [1.82, 2.24) is 9.97 Å². The van der Waals surface area contributed by atoms with Crippen LogP contribution in [0.2, 0.25) is 52.6 Å². The van der Waals surface area contributed by atoms with Crippen molar-refractivity contribution in [1.29, 1.82) is 10.5 Å². The maximum absolute atomic E-state index is 9.06. The molecule has 8 aromatic rings. The van der Waals surface area contributed by atoms with Crippen LogP contribution in [0.5, 0.6) is 46.3 Å². The molecule has 0 spiro atoms. The van der Waals surface area contributed by atoms with Gasteiger partial charge < -0.3 is 18.9 Å².